The molecule has 0 bridgehead atoms. The van der Waals surface area contributed by atoms with E-state index < -0.39 is 0 Å². The second-order valence-corrected chi connectivity index (χ2v) is 5.69. The first-order valence-electron chi connectivity index (χ1n) is 6.31. The van der Waals surface area contributed by atoms with E-state index in [0.29, 0.717) is 0 Å². The van der Waals surface area contributed by atoms with E-state index in [0.717, 1.165) is 42.3 Å². The van der Waals surface area contributed by atoms with E-state index in [4.69, 9.17) is 0 Å². The first kappa shape index (κ1) is 12.7. The zero-order valence-electron chi connectivity index (χ0n) is 10.4. The van der Waals surface area contributed by atoms with Crippen LogP contribution in [0.25, 0.3) is 10.6 Å². The van der Waals surface area contributed by atoms with Gasteiger partial charge in [0, 0.05) is 30.6 Å². The molecule has 0 saturated carbocycles. The van der Waals surface area contributed by atoms with Crippen LogP contribution in [0, 0.1) is 5.82 Å². The smallest absolute Gasteiger partial charge is 0.123 e. The molecule has 0 spiro atoms. The molecule has 19 heavy (non-hydrogen) atoms. The highest BCUT2D eigenvalue weighted by atomic mass is 32.1. The van der Waals surface area contributed by atoms with E-state index in [2.05, 4.69) is 9.88 Å². The van der Waals surface area contributed by atoms with Crippen LogP contribution in [-0.2, 0) is 6.54 Å². The Balaban J connectivity index is 1.71. The molecular weight excluding hydrogens is 263 g/mol. The predicted molar refractivity (Wildman–Crippen MR) is 73.4 cm³/mol. The lowest BCUT2D eigenvalue weighted by atomic mass is 10.2. The Morgan fingerprint density at radius 1 is 1.37 bits per heavy atom. The van der Waals surface area contributed by atoms with Crippen LogP contribution in [0.15, 0.2) is 29.6 Å². The zero-order chi connectivity index (χ0) is 13.2. The first-order chi connectivity index (χ1) is 9.20. The van der Waals surface area contributed by atoms with Crippen LogP contribution in [0.1, 0.15) is 12.1 Å². The van der Waals surface area contributed by atoms with Gasteiger partial charge in [-0.1, -0.05) is 0 Å². The first-order valence-corrected chi connectivity index (χ1v) is 7.19. The van der Waals surface area contributed by atoms with Gasteiger partial charge in [-0.2, -0.15) is 0 Å². The topological polar surface area (TPSA) is 36.4 Å². The maximum atomic E-state index is 12.9. The summed E-state index contributed by atoms with van der Waals surface area (Å²) >= 11 is 1.57. The molecule has 1 aliphatic rings. The standard InChI is InChI=1S/C14H15FN2OS/c15-11-3-1-10(2-4-11)14-16-12(9-19-14)7-17-6-5-13(18)8-17/h1-4,9,13,18H,5-8H2/t13-/m1/s1. The molecule has 1 fully saturated rings. The average molecular weight is 278 g/mol. The molecule has 0 unspecified atom stereocenters. The highest BCUT2D eigenvalue weighted by molar-refractivity contribution is 7.13. The lowest BCUT2D eigenvalue weighted by molar-refractivity contribution is 0.174. The highest BCUT2D eigenvalue weighted by Gasteiger charge is 2.20. The number of aliphatic hydroxyl groups is 1. The van der Waals surface area contributed by atoms with Gasteiger partial charge in [-0.05, 0) is 30.7 Å². The largest absolute Gasteiger partial charge is 0.392 e. The summed E-state index contributed by atoms with van der Waals surface area (Å²) in [6.07, 6.45) is 0.643. The monoisotopic (exact) mass is 278 g/mol. The molecule has 3 nitrogen and oxygen atoms in total. The summed E-state index contributed by atoms with van der Waals surface area (Å²) in [6, 6.07) is 6.40. The van der Waals surface area contributed by atoms with E-state index in [1.165, 1.54) is 12.1 Å². The van der Waals surface area contributed by atoms with Crippen LogP contribution in [0.4, 0.5) is 4.39 Å². The van der Waals surface area contributed by atoms with Crippen LogP contribution in [0.2, 0.25) is 0 Å². The van der Waals surface area contributed by atoms with Crippen molar-refractivity contribution in [2.24, 2.45) is 0 Å². The van der Waals surface area contributed by atoms with E-state index in [-0.39, 0.29) is 11.9 Å². The zero-order valence-corrected chi connectivity index (χ0v) is 11.2. The Bertz CT molecular complexity index is 555. The molecule has 1 N–H and O–H groups in total. The molecule has 1 atom stereocenters. The summed E-state index contributed by atoms with van der Waals surface area (Å²) in [5.74, 6) is -0.230. The van der Waals surface area contributed by atoms with Crippen LogP contribution >= 0.6 is 11.3 Å². The van der Waals surface area contributed by atoms with Gasteiger partial charge in [-0.15, -0.1) is 11.3 Å². The number of hydrogen-bond acceptors (Lipinski definition) is 4. The molecular formula is C14H15FN2OS. The number of rotatable bonds is 3. The SMILES string of the molecule is O[C@@H]1CCN(Cc2csc(-c3ccc(F)cc3)n2)C1. The van der Waals surface area contributed by atoms with Crippen LogP contribution in [0.5, 0.6) is 0 Å². The molecule has 2 aromatic rings. The minimum Gasteiger partial charge on any atom is -0.392 e. The number of β-amino-alcohol motifs (C(OH)–C–C–N with tert-alkyl or cyclic N) is 1. The number of likely N-dealkylation sites (tertiary alicyclic amines) is 1. The third kappa shape index (κ3) is 3.00. The number of hydrogen-bond donors (Lipinski definition) is 1. The summed E-state index contributed by atoms with van der Waals surface area (Å²) in [5, 5.41) is 12.4. The second kappa shape index (κ2) is 5.36. The summed E-state index contributed by atoms with van der Waals surface area (Å²) in [5.41, 5.74) is 1.96. The molecule has 1 aliphatic heterocycles. The van der Waals surface area contributed by atoms with Crippen LogP contribution < -0.4 is 0 Å². The number of aliphatic hydroxyl groups excluding tert-OH is 1. The quantitative estimate of drug-likeness (QED) is 0.937. The predicted octanol–water partition coefficient (Wildman–Crippen LogP) is 2.52. The molecule has 100 valence electrons. The van der Waals surface area contributed by atoms with Gasteiger partial charge >= 0.3 is 0 Å². The van der Waals surface area contributed by atoms with Crippen molar-refractivity contribution < 1.29 is 9.50 Å². The molecule has 0 aliphatic carbocycles. The molecule has 1 aromatic heterocycles. The minimum absolute atomic E-state index is 0.199. The summed E-state index contributed by atoms with van der Waals surface area (Å²) in [7, 11) is 0. The Labute approximate surface area is 115 Å². The number of nitrogens with zero attached hydrogens (tertiary/aromatic N) is 2. The van der Waals surface area contributed by atoms with Gasteiger partial charge in [0.25, 0.3) is 0 Å². The van der Waals surface area contributed by atoms with Gasteiger partial charge < -0.3 is 5.11 Å². The minimum atomic E-state index is -0.230. The van der Waals surface area contributed by atoms with E-state index in [9.17, 15) is 9.50 Å². The average Bonchev–Trinajstić information content (AvgIpc) is 3.00. The number of aromatic nitrogens is 1. The van der Waals surface area contributed by atoms with E-state index in [1.807, 2.05) is 5.38 Å². The summed E-state index contributed by atoms with van der Waals surface area (Å²) in [4.78, 5) is 6.77. The molecule has 1 saturated heterocycles. The van der Waals surface area contributed by atoms with Gasteiger partial charge in [-0.25, -0.2) is 9.37 Å². The lowest BCUT2D eigenvalue weighted by Crippen LogP contribution is -2.21. The molecule has 2 heterocycles. The molecule has 5 heteroatoms. The van der Waals surface area contributed by atoms with Gasteiger partial charge in [-0.3, -0.25) is 4.90 Å². The molecule has 0 amide bonds. The number of halogens is 1. The highest BCUT2D eigenvalue weighted by Crippen LogP contribution is 2.25. The van der Waals surface area contributed by atoms with Crippen molar-refractivity contribution in [3.63, 3.8) is 0 Å². The summed E-state index contributed by atoms with van der Waals surface area (Å²) < 4.78 is 12.9. The maximum absolute atomic E-state index is 12.9. The van der Waals surface area contributed by atoms with Gasteiger partial charge in [0.1, 0.15) is 10.8 Å². The third-order valence-corrected chi connectivity index (χ3v) is 4.22. The van der Waals surface area contributed by atoms with Crippen molar-refractivity contribution in [1.29, 1.82) is 0 Å². The third-order valence-electron chi connectivity index (χ3n) is 3.28. The molecule has 1 aromatic carbocycles. The molecule has 0 radical (unpaired) electrons. The van der Waals surface area contributed by atoms with Crippen molar-refractivity contribution >= 4 is 11.3 Å². The maximum Gasteiger partial charge on any atom is 0.123 e. The van der Waals surface area contributed by atoms with Gasteiger partial charge in [0.05, 0.1) is 11.8 Å². The summed E-state index contributed by atoms with van der Waals surface area (Å²) in [6.45, 7) is 2.42. The fourth-order valence-electron chi connectivity index (χ4n) is 2.29. The molecule has 3 rings (SSSR count). The fourth-order valence-corrected chi connectivity index (χ4v) is 3.11. The van der Waals surface area contributed by atoms with Crippen molar-refractivity contribution in [1.82, 2.24) is 9.88 Å². The van der Waals surface area contributed by atoms with Crippen LogP contribution in [-0.4, -0.2) is 34.2 Å². The fraction of sp³-hybridized carbons (Fsp3) is 0.357. The number of benzene rings is 1. The van der Waals surface area contributed by atoms with Crippen molar-refractivity contribution in [2.75, 3.05) is 13.1 Å². The Morgan fingerprint density at radius 2 is 2.16 bits per heavy atom. The van der Waals surface area contributed by atoms with Gasteiger partial charge in [0.15, 0.2) is 0 Å². The van der Waals surface area contributed by atoms with Crippen molar-refractivity contribution in [2.45, 2.75) is 19.1 Å². The van der Waals surface area contributed by atoms with Crippen molar-refractivity contribution in [3.8, 4) is 10.6 Å². The Morgan fingerprint density at radius 3 is 2.84 bits per heavy atom. The van der Waals surface area contributed by atoms with E-state index >= 15 is 0 Å². The Hall–Kier alpha value is -1.30. The second-order valence-electron chi connectivity index (χ2n) is 4.83. The normalized spacial score (nSPS) is 20.0. The van der Waals surface area contributed by atoms with Crippen LogP contribution in [0.3, 0.4) is 0 Å². The van der Waals surface area contributed by atoms with Crippen molar-refractivity contribution in [3.05, 3.63) is 41.2 Å². The number of thiazole rings is 1. The Kier molecular flexibility index (Phi) is 3.59. The lowest BCUT2D eigenvalue weighted by Gasteiger charge is -2.12. The van der Waals surface area contributed by atoms with E-state index in [1.54, 1.807) is 23.5 Å². The van der Waals surface area contributed by atoms with Gasteiger partial charge in [0.2, 0.25) is 0 Å².